The largest absolute Gasteiger partial charge is 0.310 e. The summed E-state index contributed by atoms with van der Waals surface area (Å²) in [6.07, 6.45) is 4.39. The molecule has 7 heteroatoms. The van der Waals surface area contributed by atoms with Gasteiger partial charge in [-0.15, -0.1) is 0 Å². The minimum atomic E-state index is -0.531. The zero-order chi connectivity index (χ0) is 20.6. The van der Waals surface area contributed by atoms with Crippen LogP contribution in [0, 0.1) is 0 Å². The summed E-state index contributed by atoms with van der Waals surface area (Å²) in [6, 6.07) is 19.1. The van der Waals surface area contributed by atoms with Crippen LogP contribution in [-0.4, -0.2) is 16.4 Å². The summed E-state index contributed by atoms with van der Waals surface area (Å²) in [7, 11) is 0. The lowest BCUT2D eigenvalue weighted by Crippen LogP contribution is -2.41. The fourth-order valence-corrected chi connectivity index (χ4v) is 2.67. The minimum Gasteiger partial charge on any atom is -0.310 e. The lowest BCUT2D eigenvalue weighted by atomic mass is 10.2. The second-order valence-electron chi connectivity index (χ2n) is 6.20. The van der Waals surface area contributed by atoms with Crippen molar-refractivity contribution in [3.8, 4) is 0 Å². The van der Waals surface area contributed by atoms with Gasteiger partial charge in [0.2, 0.25) is 0 Å². The molecule has 2 N–H and O–H groups in total. The lowest BCUT2D eigenvalue weighted by Gasteiger charge is -2.09. The summed E-state index contributed by atoms with van der Waals surface area (Å²) in [5, 5.41) is 0.603. The predicted octanol–water partition coefficient (Wildman–Crippen LogP) is 3.02. The van der Waals surface area contributed by atoms with Crippen molar-refractivity contribution in [1.82, 2.24) is 15.4 Å². The number of nitrogens with zero attached hydrogens (tertiary/aromatic N) is 1. The van der Waals surface area contributed by atoms with Crippen molar-refractivity contribution >= 4 is 29.5 Å². The van der Waals surface area contributed by atoms with E-state index in [-0.39, 0.29) is 11.1 Å². The Bertz CT molecular complexity index is 1090. The Hall–Kier alpha value is -3.64. The molecular formula is C22H18ClN3O3. The highest BCUT2D eigenvalue weighted by Crippen LogP contribution is 2.10. The summed E-state index contributed by atoms with van der Waals surface area (Å²) in [5.74, 6) is -1.01. The first-order valence-corrected chi connectivity index (χ1v) is 9.17. The summed E-state index contributed by atoms with van der Waals surface area (Å²) in [4.78, 5) is 36.2. The number of nitrogens with one attached hydrogen (secondary N) is 2. The molecule has 1 aromatic heterocycles. The molecule has 0 atom stereocenters. The van der Waals surface area contributed by atoms with E-state index < -0.39 is 11.8 Å². The minimum absolute atomic E-state index is 0.242. The van der Waals surface area contributed by atoms with Crippen LogP contribution in [-0.2, 0) is 11.3 Å². The Balaban J connectivity index is 1.62. The lowest BCUT2D eigenvalue weighted by molar-refractivity contribution is -0.117. The molecule has 3 rings (SSSR count). The molecule has 1 heterocycles. The number of hydrazine groups is 1. The van der Waals surface area contributed by atoms with Gasteiger partial charge in [0.15, 0.2) is 0 Å². The van der Waals surface area contributed by atoms with Gasteiger partial charge in [0.25, 0.3) is 17.4 Å². The molecule has 0 radical (unpaired) electrons. The van der Waals surface area contributed by atoms with Crippen LogP contribution in [0.1, 0.15) is 21.5 Å². The third-order valence-corrected chi connectivity index (χ3v) is 4.29. The van der Waals surface area contributed by atoms with Crippen LogP contribution >= 0.6 is 11.6 Å². The average Bonchev–Trinajstić information content (AvgIpc) is 2.74. The number of hydrogen-bond donors (Lipinski definition) is 2. The average molecular weight is 408 g/mol. The Kier molecular flexibility index (Phi) is 6.60. The number of halogens is 1. The zero-order valence-corrected chi connectivity index (χ0v) is 16.1. The Morgan fingerprint density at radius 1 is 0.931 bits per heavy atom. The number of carbonyl (C=O) groups is 2. The summed E-state index contributed by atoms with van der Waals surface area (Å²) in [6.45, 7) is 0.295. The Morgan fingerprint density at radius 2 is 1.66 bits per heavy atom. The van der Waals surface area contributed by atoms with Crippen molar-refractivity contribution in [3.63, 3.8) is 0 Å². The van der Waals surface area contributed by atoms with E-state index in [1.165, 1.54) is 29.0 Å². The first-order valence-electron chi connectivity index (χ1n) is 8.80. The summed E-state index contributed by atoms with van der Waals surface area (Å²) < 4.78 is 1.41. The van der Waals surface area contributed by atoms with Gasteiger partial charge in [-0.25, -0.2) is 0 Å². The van der Waals surface area contributed by atoms with E-state index in [0.29, 0.717) is 11.6 Å². The van der Waals surface area contributed by atoms with Gasteiger partial charge in [0.05, 0.1) is 12.1 Å². The van der Waals surface area contributed by atoms with Crippen LogP contribution < -0.4 is 16.4 Å². The van der Waals surface area contributed by atoms with Crippen molar-refractivity contribution in [2.75, 3.05) is 0 Å². The molecule has 3 aromatic rings. The molecule has 29 heavy (non-hydrogen) atoms. The maximum absolute atomic E-state index is 12.3. The summed E-state index contributed by atoms with van der Waals surface area (Å²) in [5.41, 5.74) is 6.37. The van der Waals surface area contributed by atoms with Crippen molar-refractivity contribution in [3.05, 3.63) is 111 Å². The number of aromatic nitrogens is 1. The van der Waals surface area contributed by atoms with Gasteiger partial charge in [-0.2, -0.15) is 0 Å². The highest BCUT2D eigenvalue weighted by Gasteiger charge is 2.09. The third-order valence-electron chi connectivity index (χ3n) is 4.04. The molecular weight excluding hydrogens is 390 g/mol. The molecule has 0 saturated carbocycles. The number of hydrogen-bond acceptors (Lipinski definition) is 3. The van der Waals surface area contributed by atoms with Gasteiger partial charge >= 0.3 is 0 Å². The Labute approximate surface area is 172 Å². The van der Waals surface area contributed by atoms with Crippen LogP contribution in [0.15, 0.2) is 83.8 Å². The SMILES string of the molecule is O=C(/C=C\c1ccccc1)NNC(=O)c1ccc(=O)n(Cc2ccc(Cl)cc2)c1. The maximum Gasteiger partial charge on any atom is 0.271 e. The van der Waals surface area contributed by atoms with Crippen LogP contribution in [0.5, 0.6) is 0 Å². The molecule has 0 saturated heterocycles. The van der Waals surface area contributed by atoms with Crippen LogP contribution in [0.25, 0.3) is 6.08 Å². The number of rotatable bonds is 5. The van der Waals surface area contributed by atoms with E-state index in [9.17, 15) is 14.4 Å². The number of carbonyl (C=O) groups excluding carboxylic acids is 2. The number of amides is 2. The molecule has 0 unspecified atom stereocenters. The van der Waals surface area contributed by atoms with Gasteiger partial charge in [-0.05, 0) is 35.4 Å². The van der Waals surface area contributed by atoms with Gasteiger partial charge < -0.3 is 4.57 Å². The van der Waals surface area contributed by atoms with E-state index >= 15 is 0 Å². The monoisotopic (exact) mass is 407 g/mol. The second-order valence-corrected chi connectivity index (χ2v) is 6.63. The Morgan fingerprint density at radius 3 is 2.38 bits per heavy atom. The van der Waals surface area contributed by atoms with Crippen molar-refractivity contribution in [2.24, 2.45) is 0 Å². The van der Waals surface area contributed by atoms with Crippen LogP contribution in [0.4, 0.5) is 0 Å². The molecule has 146 valence electrons. The normalized spacial score (nSPS) is 10.7. The first kappa shape index (κ1) is 20.1. The highest BCUT2D eigenvalue weighted by molar-refractivity contribution is 6.30. The number of benzene rings is 2. The molecule has 2 aromatic carbocycles. The van der Waals surface area contributed by atoms with Gasteiger partial charge in [-0.1, -0.05) is 54.1 Å². The van der Waals surface area contributed by atoms with E-state index in [1.807, 2.05) is 30.3 Å². The predicted molar refractivity (Wildman–Crippen MR) is 112 cm³/mol. The van der Waals surface area contributed by atoms with Crippen LogP contribution in [0.2, 0.25) is 5.02 Å². The highest BCUT2D eigenvalue weighted by atomic mass is 35.5. The van der Waals surface area contributed by atoms with Gasteiger partial charge in [0.1, 0.15) is 0 Å². The van der Waals surface area contributed by atoms with E-state index in [0.717, 1.165) is 11.1 Å². The first-order chi connectivity index (χ1) is 14.0. The maximum atomic E-state index is 12.3. The fourth-order valence-electron chi connectivity index (χ4n) is 2.54. The molecule has 0 aliphatic carbocycles. The van der Waals surface area contributed by atoms with Crippen LogP contribution in [0.3, 0.4) is 0 Å². The molecule has 0 fully saturated rings. The fraction of sp³-hybridized carbons (Fsp3) is 0.0455. The van der Waals surface area contributed by atoms with Crippen molar-refractivity contribution < 1.29 is 9.59 Å². The van der Waals surface area contributed by atoms with Gasteiger partial charge in [0, 0.05) is 23.4 Å². The molecule has 0 spiro atoms. The topological polar surface area (TPSA) is 80.2 Å². The van der Waals surface area contributed by atoms with E-state index in [4.69, 9.17) is 11.6 Å². The van der Waals surface area contributed by atoms with E-state index in [1.54, 1.807) is 30.3 Å². The van der Waals surface area contributed by atoms with Crippen molar-refractivity contribution in [1.29, 1.82) is 0 Å². The third kappa shape index (κ3) is 5.92. The summed E-state index contributed by atoms with van der Waals surface area (Å²) >= 11 is 5.87. The number of pyridine rings is 1. The van der Waals surface area contributed by atoms with Crippen molar-refractivity contribution in [2.45, 2.75) is 6.54 Å². The molecule has 0 aliphatic heterocycles. The second kappa shape index (κ2) is 9.52. The molecule has 0 bridgehead atoms. The van der Waals surface area contributed by atoms with E-state index in [2.05, 4.69) is 10.9 Å². The quantitative estimate of drug-likeness (QED) is 0.504. The standard InChI is InChI=1S/C22H18ClN3O3/c23-19-10-6-17(7-11-19)14-26-15-18(9-13-21(26)28)22(29)25-24-20(27)12-8-16-4-2-1-3-5-16/h1-13,15H,14H2,(H,24,27)(H,25,29)/b12-8-. The van der Waals surface area contributed by atoms with Gasteiger partial charge in [-0.3, -0.25) is 25.2 Å². The smallest absolute Gasteiger partial charge is 0.271 e. The molecule has 6 nitrogen and oxygen atoms in total. The molecule has 0 aliphatic rings. The molecule has 2 amide bonds. The zero-order valence-electron chi connectivity index (χ0n) is 15.3.